The summed E-state index contributed by atoms with van der Waals surface area (Å²) >= 11 is 0. The Balaban J connectivity index is 1.56. The molecule has 4 atom stereocenters. The first kappa shape index (κ1) is 18.9. The summed E-state index contributed by atoms with van der Waals surface area (Å²) in [5, 5.41) is 3.97. The third-order valence-corrected chi connectivity index (χ3v) is 6.17. The highest BCUT2D eigenvalue weighted by molar-refractivity contribution is 5.31. The molecule has 0 aliphatic heterocycles. The Morgan fingerprint density at radius 3 is 2.56 bits per heavy atom. The summed E-state index contributed by atoms with van der Waals surface area (Å²) < 4.78 is 11.4. The lowest BCUT2D eigenvalue weighted by Gasteiger charge is -2.40. The molecule has 3 rings (SSSR count). The summed E-state index contributed by atoms with van der Waals surface area (Å²) in [5.41, 5.74) is 3.03. The third-order valence-electron chi connectivity index (χ3n) is 6.17. The molecule has 2 saturated carbocycles. The molecular weight excluding hydrogens is 310 g/mol. The standard InChI is InChI=1S/C22H35NO2/c1-4-21(24-5-2)25-14-6-13-23-22(16-18-9-12-20(22)15-18)19-10-7-17(3)8-11-19/h7-8,10-11,18,20-21,23H,4-6,9,12-16H2,1-3H3. The Labute approximate surface area is 153 Å². The highest BCUT2D eigenvalue weighted by Gasteiger charge is 2.51. The van der Waals surface area contributed by atoms with E-state index in [1.807, 2.05) is 6.92 Å². The maximum absolute atomic E-state index is 5.85. The minimum Gasteiger partial charge on any atom is -0.353 e. The predicted molar refractivity (Wildman–Crippen MR) is 103 cm³/mol. The topological polar surface area (TPSA) is 30.5 Å². The SMILES string of the molecule is CCOC(CC)OCCCNC1(c2ccc(C)cc2)CC2CCC1C2. The minimum atomic E-state index is -0.0430. The van der Waals surface area contributed by atoms with Crippen molar-refractivity contribution in [2.24, 2.45) is 11.8 Å². The van der Waals surface area contributed by atoms with Crippen LogP contribution in [0.2, 0.25) is 0 Å². The van der Waals surface area contributed by atoms with E-state index < -0.39 is 0 Å². The highest BCUT2D eigenvalue weighted by atomic mass is 16.7. The van der Waals surface area contributed by atoms with Crippen LogP contribution in [0.1, 0.15) is 63.5 Å². The summed E-state index contributed by atoms with van der Waals surface area (Å²) in [6.07, 6.45) is 7.42. The van der Waals surface area contributed by atoms with Crippen LogP contribution < -0.4 is 5.32 Å². The monoisotopic (exact) mass is 345 g/mol. The lowest BCUT2D eigenvalue weighted by atomic mass is 9.75. The summed E-state index contributed by atoms with van der Waals surface area (Å²) in [6, 6.07) is 9.23. The number of ether oxygens (including phenoxy) is 2. The van der Waals surface area contributed by atoms with Gasteiger partial charge in [0.05, 0.1) is 6.61 Å². The van der Waals surface area contributed by atoms with E-state index in [4.69, 9.17) is 9.47 Å². The molecule has 2 aliphatic carbocycles. The van der Waals surface area contributed by atoms with E-state index in [0.29, 0.717) is 0 Å². The summed E-state index contributed by atoms with van der Waals surface area (Å²) in [4.78, 5) is 0. The zero-order valence-electron chi connectivity index (χ0n) is 16.2. The summed E-state index contributed by atoms with van der Waals surface area (Å²) in [6.45, 7) is 8.80. The van der Waals surface area contributed by atoms with Crippen LogP contribution in [0.25, 0.3) is 0 Å². The molecule has 0 amide bonds. The van der Waals surface area contributed by atoms with Crippen molar-refractivity contribution in [1.29, 1.82) is 0 Å². The second-order valence-corrected chi connectivity index (χ2v) is 7.86. The van der Waals surface area contributed by atoms with Crippen molar-refractivity contribution in [3.05, 3.63) is 35.4 Å². The number of rotatable bonds is 10. The lowest BCUT2D eigenvalue weighted by Crippen LogP contribution is -2.47. The van der Waals surface area contributed by atoms with Crippen molar-refractivity contribution in [3.8, 4) is 0 Å². The van der Waals surface area contributed by atoms with E-state index in [1.165, 1.54) is 36.8 Å². The first-order chi connectivity index (χ1) is 12.2. The normalized spacial score (nSPS) is 29.2. The van der Waals surface area contributed by atoms with Gasteiger partial charge in [-0.15, -0.1) is 0 Å². The van der Waals surface area contributed by atoms with E-state index in [0.717, 1.165) is 44.4 Å². The van der Waals surface area contributed by atoms with Crippen LogP contribution in [-0.4, -0.2) is 26.0 Å². The molecular formula is C22H35NO2. The van der Waals surface area contributed by atoms with Crippen LogP contribution in [0.5, 0.6) is 0 Å². The molecule has 2 aliphatic rings. The van der Waals surface area contributed by atoms with Crippen LogP contribution in [-0.2, 0) is 15.0 Å². The molecule has 3 nitrogen and oxygen atoms in total. The third kappa shape index (κ3) is 4.27. The molecule has 1 aromatic carbocycles. The van der Waals surface area contributed by atoms with Gasteiger partial charge in [-0.1, -0.05) is 43.2 Å². The van der Waals surface area contributed by atoms with Gasteiger partial charge in [-0.3, -0.25) is 0 Å². The molecule has 0 heterocycles. The largest absolute Gasteiger partial charge is 0.353 e. The Morgan fingerprint density at radius 1 is 1.16 bits per heavy atom. The van der Waals surface area contributed by atoms with Gasteiger partial charge in [-0.25, -0.2) is 0 Å². The second-order valence-electron chi connectivity index (χ2n) is 7.86. The number of hydrogen-bond acceptors (Lipinski definition) is 3. The molecule has 0 spiro atoms. The fourth-order valence-corrected chi connectivity index (χ4v) is 4.92. The second kappa shape index (κ2) is 8.66. The molecule has 1 N–H and O–H groups in total. The fraction of sp³-hybridized carbons (Fsp3) is 0.727. The van der Waals surface area contributed by atoms with Gasteiger partial charge in [0.2, 0.25) is 0 Å². The number of nitrogens with one attached hydrogen (secondary N) is 1. The molecule has 0 saturated heterocycles. The number of hydrogen-bond donors (Lipinski definition) is 1. The first-order valence-corrected chi connectivity index (χ1v) is 10.2. The van der Waals surface area contributed by atoms with Crippen LogP contribution in [0.4, 0.5) is 0 Å². The molecule has 0 aromatic heterocycles. The molecule has 0 radical (unpaired) electrons. The van der Waals surface area contributed by atoms with Crippen molar-refractivity contribution >= 4 is 0 Å². The predicted octanol–water partition coefficient (Wildman–Crippen LogP) is 4.78. The van der Waals surface area contributed by atoms with Crippen molar-refractivity contribution < 1.29 is 9.47 Å². The van der Waals surface area contributed by atoms with Gasteiger partial charge >= 0.3 is 0 Å². The zero-order chi connectivity index (χ0) is 17.7. The maximum Gasteiger partial charge on any atom is 0.157 e. The highest BCUT2D eigenvalue weighted by Crippen LogP contribution is 2.55. The molecule has 2 bridgehead atoms. The van der Waals surface area contributed by atoms with Crippen LogP contribution in [0.15, 0.2) is 24.3 Å². The average Bonchev–Trinajstić information content (AvgIpc) is 3.23. The van der Waals surface area contributed by atoms with Gasteiger partial charge < -0.3 is 14.8 Å². The van der Waals surface area contributed by atoms with E-state index in [9.17, 15) is 0 Å². The molecule has 4 unspecified atom stereocenters. The van der Waals surface area contributed by atoms with Gasteiger partial charge in [0, 0.05) is 12.1 Å². The van der Waals surface area contributed by atoms with Crippen molar-refractivity contribution in [3.63, 3.8) is 0 Å². The Kier molecular flexibility index (Phi) is 6.54. The number of aryl methyl sites for hydroxylation is 1. The Bertz CT molecular complexity index is 529. The van der Waals surface area contributed by atoms with Crippen LogP contribution in [0.3, 0.4) is 0 Å². The number of benzene rings is 1. The van der Waals surface area contributed by atoms with Gasteiger partial charge in [-0.05, 0) is 69.9 Å². The summed E-state index contributed by atoms with van der Waals surface area (Å²) in [7, 11) is 0. The first-order valence-electron chi connectivity index (χ1n) is 10.2. The van der Waals surface area contributed by atoms with Gasteiger partial charge in [-0.2, -0.15) is 0 Å². The zero-order valence-corrected chi connectivity index (χ0v) is 16.2. The number of fused-ring (bicyclic) bond motifs is 2. The molecule has 140 valence electrons. The van der Waals surface area contributed by atoms with Crippen molar-refractivity contribution in [2.75, 3.05) is 19.8 Å². The Morgan fingerprint density at radius 2 is 1.96 bits per heavy atom. The smallest absolute Gasteiger partial charge is 0.157 e. The van der Waals surface area contributed by atoms with E-state index in [-0.39, 0.29) is 11.8 Å². The van der Waals surface area contributed by atoms with Gasteiger partial charge in [0.15, 0.2) is 6.29 Å². The maximum atomic E-state index is 5.85. The van der Waals surface area contributed by atoms with Gasteiger partial charge in [0.25, 0.3) is 0 Å². The van der Waals surface area contributed by atoms with Crippen molar-refractivity contribution in [1.82, 2.24) is 5.32 Å². The molecule has 25 heavy (non-hydrogen) atoms. The minimum absolute atomic E-state index is 0.0430. The van der Waals surface area contributed by atoms with E-state index >= 15 is 0 Å². The van der Waals surface area contributed by atoms with Gasteiger partial charge in [0.1, 0.15) is 0 Å². The quantitative estimate of drug-likeness (QED) is 0.489. The molecule has 3 heteroatoms. The van der Waals surface area contributed by atoms with E-state index in [1.54, 1.807) is 0 Å². The average molecular weight is 346 g/mol. The fourth-order valence-electron chi connectivity index (χ4n) is 4.92. The van der Waals surface area contributed by atoms with E-state index in [2.05, 4.69) is 43.4 Å². The van der Waals surface area contributed by atoms with Crippen LogP contribution in [0, 0.1) is 18.8 Å². The van der Waals surface area contributed by atoms with Crippen molar-refractivity contribution in [2.45, 2.75) is 71.1 Å². The molecule has 1 aromatic rings. The molecule has 2 fully saturated rings. The summed E-state index contributed by atoms with van der Waals surface area (Å²) in [5.74, 6) is 1.71. The van der Waals surface area contributed by atoms with Crippen LogP contribution >= 0.6 is 0 Å². The Hall–Kier alpha value is -0.900. The lowest BCUT2D eigenvalue weighted by molar-refractivity contribution is -0.140.